The number of unbranched alkanes of at least 4 members (excludes halogenated alkanes) is 1. The number of nitrogens with zero attached hydrogens (tertiary/aromatic N) is 3. The number of halogens is 1. The molecule has 0 spiro atoms. The van der Waals surface area contributed by atoms with Gasteiger partial charge in [0.05, 0.1) is 17.3 Å². The topological polar surface area (TPSA) is 55.4 Å². The SMILES string of the molecule is CCCCNCc1oc2nc(-c3ccccc3Cl)nn2c1C. The van der Waals surface area contributed by atoms with Crippen LogP contribution in [0.25, 0.3) is 17.2 Å². The Bertz CT molecular complexity index is 778. The van der Waals surface area contributed by atoms with E-state index in [2.05, 4.69) is 22.3 Å². The number of aromatic nitrogens is 3. The summed E-state index contributed by atoms with van der Waals surface area (Å²) in [6, 6.07) is 7.53. The summed E-state index contributed by atoms with van der Waals surface area (Å²) in [6.45, 7) is 5.84. The molecule has 3 rings (SSSR count). The highest BCUT2D eigenvalue weighted by Gasteiger charge is 2.16. The van der Waals surface area contributed by atoms with E-state index in [1.165, 1.54) is 6.42 Å². The van der Waals surface area contributed by atoms with Gasteiger partial charge in [0.2, 0.25) is 0 Å². The Balaban J connectivity index is 1.85. The number of aryl methyl sites for hydroxylation is 1. The molecule has 0 bridgehead atoms. The molecule has 22 heavy (non-hydrogen) atoms. The highest BCUT2D eigenvalue weighted by atomic mass is 35.5. The number of hydrogen-bond acceptors (Lipinski definition) is 4. The molecule has 3 aromatic rings. The molecule has 2 aromatic heterocycles. The van der Waals surface area contributed by atoms with Crippen molar-refractivity contribution in [1.29, 1.82) is 0 Å². The van der Waals surface area contributed by atoms with E-state index in [0.29, 0.717) is 23.2 Å². The number of fused-ring (bicyclic) bond motifs is 1. The molecule has 0 atom stereocenters. The Kier molecular flexibility index (Phi) is 4.45. The summed E-state index contributed by atoms with van der Waals surface area (Å²) in [5.74, 6) is 1.95. The quantitative estimate of drug-likeness (QED) is 0.702. The zero-order chi connectivity index (χ0) is 15.5. The van der Waals surface area contributed by atoms with Crippen LogP contribution in [0.3, 0.4) is 0 Å². The van der Waals surface area contributed by atoms with Gasteiger partial charge >= 0.3 is 5.84 Å². The van der Waals surface area contributed by atoms with Crippen molar-refractivity contribution in [3.8, 4) is 11.4 Å². The van der Waals surface area contributed by atoms with Gasteiger partial charge in [0.1, 0.15) is 5.76 Å². The Labute approximate surface area is 134 Å². The van der Waals surface area contributed by atoms with Crippen LogP contribution in [-0.4, -0.2) is 21.1 Å². The summed E-state index contributed by atoms with van der Waals surface area (Å²) in [5, 5.41) is 8.51. The maximum atomic E-state index is 6.19. The van der Waals surface area contributed by atoms with E-state index in [9.17, 15) is 0 Å². The first-order valence-corrected chi connectivity index (χ1v) is 7.89. The molecule has 0 amide bonds. The first-order chi connectivity index (χ1) is 10.7. The molecule has 0 unspecified atom stereocenters. The van der Waals surface area contributed by atoms with Crippen LogP contribution >= 0.6 is 11.6 Å². The zero-order valence-corrected chi connectivity index (χ0v) is 13.5. The van der Waals surface area contributed by atoms with Crippen LogP contribution in [0.5, 0.6) is 0 Å². The minimum absolute atomic E-state index is 0.500. The Morgan fingerprint density at radius 3 is 2.86 bits per heavy atom. The van der Waals surface area contributed by atoms with Gasteiger partial charge in [0.15, 0.2) is 5.82 Å². The maximum absolute atomic E-state index is 6.19. The number of benzene rings is 1. The van der Waals surface area contributed by atoms with Crippen molar-refractivity contribution in [3.63, 3.8) is 0 Å². The fourth-order valence-corrected chi connectivity index (χ4v) is 2.53. The van der Waals surface area contributed by atoms with Crippen LogP contribution in [0, 0.1) is 6.92 Å². The lowest BCUT2D eigenvalue weighted by Crippen LogP contribution is -2.14. The van der Waals surface area contributed by atoms with Crippen molar-refractivity contribution >= 4 is 17.4 Å². The fraction of sp³-hybridized carbons (Fsp3) is 0.375. The number of hydrogen-bond donors (Lipinski definition) is 1. The lowest BCUT2D eigenvalue weighted by Gasteiger charge is -2.01. The maximum Gasteiger partial charge on any atom is 0.325 e. The van der Waals surface area contributed by atoms with Gasteiger partial charge in [-0.1, -0.05) is 37.1 Å². The minimum atomic E-state index is 0.500. The average Bonchev–Trinajstić information content (AvgIpc) is 3.04. The second-order valence-electron chi connectivity index (χ2n) is 5.25. The summed E-state index contributed by atoms with van der Waals surface area (Å²) in [7, 11) is 0. The lowest BCUT2D eigenvalue weighted by atomic mass is 10.2. The van der Waals surface area contributed by atoms with Crippen molar-refractivity contribution in [3.05, 3.63) is 40.7 Å². The molecular weight excluding hydrogens is 300 g/mol. The van der Waals surface area contributed by atoms with E-state index in [4.69, 9.17) is 16.0 Å². The Hall–Kier alpha value is -1.85. The standard InChI is InChI=1S/C16H19ClN4O/c1-3-4-9-18-10-14-11(2)21-16(22-14)19-15(20-21)12-7-5-6-8-13(12)17/h5-8,18H,3-4,9-10H2,1-2H3. The summed E-state index contributed by atoms with van der Waals surface area (Å²) < 4.78 is 7.54. The van der Waals surface area contributed by atoms with Crippen LogP contribution in [0.15, 0.2) is 28.7 Å². The summed E-state index contributed by atoms with van der Waals surface area (Å²) >= 11 is 6.19. The van der Waals surface area contributed by atoms with Gasteiger partial charge in [-0.05, 0) is 32.0 Å². The van der Waals surface area contributed by atoms with E-state index in [0.717, 1.165) is 30.0 Å². The van der Waals surface area contributed by atoms with E-state index in [1.54, 1.807) is 4.52 Å². The molecule has 0 aliphatic carbocycles. The van der Waals surface area contributed by atoms with Crippen LogP contribution in [0.4, 0.5) is 0 Å². The van der Waals surface area contributed by atoms with E-state index in [1.807, 2.05) is 31.2 Å². The van der Waals surface area contributed by atoms with Gasteiger partial charge in [-0.25, -0.2) is 0 Å². The van der Waals surface area contributed by atoms with E-state index < -0.39 is 0 Å². The molecule has 0 saturated heterocycles. The molecule has 6 heteroatoms. The van der Waals surface area contributed by atoms with Crippen LogP contribution < -0.4 is 5.32 Å². The normalized spacial score (nSPS) is 11.4. The third-order valence-corrected chi connectivity index (χ3v) is 3.95. The molecule has 1 aromatic carbocycles. The molecule has 0 saturated carbocycles. The minimum Gasteiger partial charge on any atom is -0.425 e. The highest BCUT2D eigenvalue weighted by Crippen LogP contribution is 2.26. The second-order valence-corrected chi connectivity index (χ2v) is 5.66. The van der Waals surface area contributed by atoms with Crippen molar-refractivity contribution in [2.24, 2.45) is 0 Å². The molecule has 0 fully saturated rings. The summed E-state index contributed by atoms with van der Waals surface area (Å²) in [5.41, 5.74) is 1.77. The van der Waals surface area contributed by atoms with Crippen LogP contribution in [0.1, 0.15) is 31.2 Å². The molecule has 0 radical (unpaired) electrons. The van der Waals surface area contributed by atoms with E-state index in [-0.39, 0.29) is 0 Å². The largest absolute Gasteiger partial charge is 0.425 e. The number of nitrogens with one attached hydrogen (secondary N) is 1. The number of rotatable bonds is 6. The van der Waals surface area contributed by atoms with Crippen molar-refractivity contribution in [2.45, 2.75) is 33.2 Å². The first kappa shape index (κ1) is 15.1. The highest BCUT2D eigenvalue weighted by molar-refractivity contribution is 6.33. The van der Waals surface area contributed by atoms with Crippen molar-refractivity contribution in [1.82, 2.24) is 19.9 Å². The van der Waals surface area contributed by atoms with Gasteiger partial charge in [0, 0.05) is 5.56 Å². The molecule has 0 aliphatic heterocycles. The third-order valence-electron chi connectivity index (χ3n) is 3.62. The second kappa shape index (κ2) is 6.50. The van der Waals surface area contributed by atoms with Gasteiger partial charge in [-0.2, -0.15) is 9.50 Å². The van der Waals surface area contributed by atoms with Crippen LogP contribution in [0.2, 0.25) is 5.02 Å². The fourth-order valence-electron chi connectivity index (χ4n) is 2.31. The number of oxazole rings is 1. The molecule has 5 nitrogen and oxygen atoms in total. The summed E-state index contributed by atoms with van der Waals surface area (Å²) in [4.78, 5) is 4.44. The summed E-state index contributed by atoms with van der Waals surface area (Å²) in [6.07, 6.45) is 2.34. The molecule has 2 heterocycles. The first-order valence-electron chi connectivity index (χ1n) is 7.51. The Morgan fingerprint density at radius 2 is 2.14 bits per heavy atom. The molecule has 0 aliphatic rings. The zero-order valence-electron chi connectivity index (χ0n) is 12.8. The smallest absolute Gasteiger partial charge is 0.325 e. The van der Waals surface area contributed by atoms with Crippen molar-refractivity contribution in [2.75, 3.05) is 6.54 Å². The van der Waals surface area contributed by atoms with Gasteiger partial charge in [0.25, 0.3) is 0 Å². The molecule has 1 N–H and O–H groups in total. The lowest BCUT2D eigenvalue weighted by molar-refractivity contribution is 0.499. The average molecular weight is 319 g/mol. The monoisotopic (exact) mass is 318 g/mol. The molecular formula is C16H19ClN4O. The van der Waals surface area contributed by atoms with Gasteiger partial charge < -0.3 is 9.73 Å². The van der Waals surface area contributed by atoms with Gasteiger partial charge in [-0.15, -0.1) is 5.10 Å². The van der Waals surface area contributed by atoms with E-state index >= 15 is 0 Å². The van der Waals surface area contributed by atoms with Gasteiger partial charge in [-0.3, -0.25) is 0 Å². The third kappa shape index (κ3) is 2.87. The van der Waals surface area contributed by atoms with Crippen LogP contribution in [-0.2, 0) is 6.54 Å². The predicted molar refractivity (Wildman–Crippen MR) is 87.1 cm³/mol. The van der Waals surface area contributed by atoms with Crippen molar-refractivity contribution < 1.29 is 4.42 Å². The predicted octanol–water partition coefficient (Wildman–Crippen LogP) is 3.84. The molecule has 116 valence electrons. The Morgan fingerprint density at radius 1 is 1.32 bits per heavy atom.